The van der Waals surface area contributed by atoms with Crippen molar-refractivity contribution in [1.82, 2.24) is 4.72 Å². The number of ether oxygens (including phenoxy) is 1. The third-order valence-corrected chi connectivity index (χ3v) is 16.8. The molecule has 47 heavy (non-hydrogen) atoms. The molecule has 0 unspecified atom stereocenters. The van der Waals surface area contributed by atoms with Gasteiger partial charge >= 0.3 is 0 Å². The number of allylic oxidation sites excluding steroid dienone is 1. The van der Waals surface area contributed by atoms with Crippen LogP contribution in [-0.2, 0) is 21.9 Å². The van der Waals surface area contributed by atoms with Crippen LogP contribution in [0.3, 0.4) is 0 Å². The predicted octanol–water partition coefficient (Wildman–Crippen LogP) is 6.81. The Labute approximate surface area is 292 Å². The average molecular weight is 717 g/mol. The van der Waals surface area contributed by atoms with Gasteiger partial charge in [-0.25, -0.2) is 13.1 Å². The number of rotatable bonds is 1. The number of hydrogen-bond donors (Lipinski definition) is 2. The highest BCUT2D eigenvalue weighted by atomic mass is 35.5. The van der Waals surface area contributed by atoms with Crippen molar-refractivity contribution in [2.45, 2.75) is 79.6 Å². The number of thioether (sulfide) groups is 2. The van der Waals surface area contributed by atoms with Crippen molar-refractivity contribution >= 4 is 56.7 Å². The minimum absolute atomic E-state index is 0.0302. The van der Waals surface area contributed by atoms with Crippen LogP contribution in [0.2, 0.25) is 5.02 Å². The third kappa shape index (κ3) is 6.35. The number of nitrogens with zero attached hydrogens (tertiary/aromatic N) is 1. The molecule has 0 aromatic heterocycles. The Bertz CT molecular complexity index is 1660. The van der Waals surface area contributed by atoms with Gasteiger partial charge in [-0.05, 0) is 123 Å². The molecule has 1 amide bonds. The zero-order valence-electron chi connectivity index (χ0n) is 27.1. The van der Waals surface area contributed by atoms with Crippen LogP contribution < -0.4 is 14.4 Å². The maximum atomic E-state index is 13.5. The molecule has 254 valence electrons. The predicted molar refractivity (Wildman–Crippen MR) is 193 cm³/mol. The lowest BCUT2D eigenvalue weighted by molar-refractivity contribution is -0.0333. The Kier molecular flexibility index (Phi) is 9.39. The first-order valence-electron chi connectivity index (χ1n) is 17.0. The smallest absolute Gasteiger partial charge is 0.264 e. The highest BCUT2D eigenvalue weighted by molar-refractivity contribution is 8.17. The lowest BCUT2D eigenvalue weighted by atomic mass is 9.64. The van der Waals surface area contributed by atoms with Gasteiger partial charge in [0.05, 0.1) is 22.1 Å². The van der Waals surface area contributed by atoms with Crippen molar-refractivity contribution in [1.29, 1.82) is 0 Å². The Morgan fingerprint density at radius 2 is 1.89 bits per heavy atom. The number of benzene rings is 2. The van der Waals surface area contributed by atoms with E-state index in [9.17, 15) is 18.3 Å². The second-order valence-electron chi connectivity index (χ2n) is 14.3. The molecule has 2 fully saturated rings. The van der Waals surface area contributed by atoms with Gasteiger partial charge in [-0.3, -0.25) is 4.79 Å². The van der Waals surface area contributed by atoms with E-state index >= 15 is 0 Å². The number of amides is 1. The summed E-state index contributed by atoms with van der Waals surface area (Å²) in [4.78, 5) is 15.9. The standard InChI is InChI=1S/C36H45ClN2O5S3/c1-23-6-3-15-36(41,34-45-16-5-17-46-34)30-11-8-27(30)20-39-21-35(14-4-7-25-18-28(37)10-12-29(25)35)22-44-32-13-9-26(19-31(32)39)33(40)38-47(42,43)24(23)2/h3,9-10,12-13,15,18-19,23-24,27,30,34,41H,4-8,11,14,16-17,20-22H2,1-2H3,(H,38,40)/b15-3-/t23-,24+,27-,30+,35-,36-/m0/s1. The summed E-state index contributed by atoms with van der Waals surface area (Å²) in [6, 6.07) is 11.5. The average Bonchev–Trinajstić information content (AvgIpc) is 3.19. The number of sulfonamides is 1. The molecule has 3 aliphatic heterocycles. The van der Waals surface area contributed by atoms with Crippen molar-refractivity contribution in [3.8, 4) is 5.75 Å². The number of hydrogen-bond acceptors (Lipinski definition) is 8. The summed E-state index contributed by atoms with van der Waals surface area (Å²) < 4.78 is 35.9. The van der Waals surface area contributed by atoms with Crippen LogP contribution in [0, 0.1) is 17.8 Å². The SMILES string of the molecule is C[C@@H]1[C@@H](C)C/C=C\[C@@](O)(C2SCCCS2)[C@@H]2CC[C@H]2CN2C[C@@]3(CCCc4cc(Cl)ccc43)COc3ccc(cc32)C(=O)NS1(=O)=O. The van der Waals surface area contributed by atoms with Gasteiger partial charge in [-0.1, -0.05) is 36.7 Å². The molecule has 0 radical (unpaired) electrons. The van der Waals surface area contributed by atoms with Crippen LogP contribution in [-0.4, -0.2) is 66.1 Å². The summed E-state index contributed by atoms with van der Waals surface area (Å²) in [7, 11) is -3.95. The maximum absolute atomic E-state index is 13.5. The molecule has 6 atom stereocenters. The van der Waals surface area contributed by atoms with Crippen LogP contribution in [0.25, 0.3) is 0 Å². The van der Waals surface area contributed by atoms with Crippen molar-refractivity contribution in [2.75, 3.05) is 36.1 Å². The topological polar surface area (TPSA) is 95.9 Å². The summed E-state index contributed by atoms with van der Waals surface area (Å²) in [5, 5.41) is 12.6. The molecule has 2 aromatic rings. The summed E-state index contributed by atoms with van der Waals surface area (Å²) in [5.41, 5.74) is 2.32. The number of aliphatic hydroxyl groups is 1. The van der Waals surface area contributed by atoms with E-state index in [0.717, 1.165) is 60.7 Å². The molecule has 1 saturated carbocycles. The van der Waals surface area contributed by atoms with E-state index in [2.05, 4.69) is 21.8 Å². The minimum atomic E-state index is -3.95. The second kappa shape index (κ2) is 13.1. The fourth-order valence-corrected chi connectivity index (χ4v) is 13.0. The molecule has 11 heteroatoms. The van der Waals surface area contributed by atoms with E-state index in [1.807, 2.05) is 54.7 Å². The number of carbonyl (C=O) groups is 1. The molecule has 7 nitrogen and oxygen atoms in total. The van der Waals surface area contributed by atoms with Crippen molar-refractivity contribution < 1.29 is 23.1 Å². The quantitative estimate of drug-likeness (QED) is 0.311. The second-order valence-corrected chi connectivity index (χ2v) is 19.5. The van der Waals surface area contributed by atoms with Crippen LogP contribution in [0.4, 0.5) is 5.69 Å². The fourth-order valence-electron chi connectivity index (χ4n) is 8.32. The van der Waals surface area contributed by atoms with Crippen LogP contribution >= 0.6 is 35.1 Å². The monoisotopic (exact) mass is 716 g/mol. The fraction of sp³-hybridized carbons (Fsp3) is 0.583. The first kappa shape index (κ1) is 33.6. The maximum Gasteiger partial charge on any atom is 0.264 e. The molecule has 5 aliphatic rings. The number of fused-ring (bicyclic) bond motifs is 4. The van der Waals surface area contributed by atoms with Crippen LogP contribution in [0.15, 0.2) is 48.6 Å². The van der Waals surface area contributed by atoms with E-state index < -0.39 is 26.8 Å². The first-order chi connectivity index (χ1) is 22.5. The van der Waals surface area contributed by atoms with Gasteiger partial charge in [0.25, 0.3) is 5.91 Å². The highest BCUT2D eigenvalue weighted by Gasteiger charge is 2.52. The molecule has 2 N–H and O–H groups in total. The number of halogens is 1. The molecular formula is C36H45ClN2O5S3. The minimum Gasteiger partial charge on any atom is -0.490 e. The Balaban J connectivity index is 1.32. The Morgan fingerprint density at radius 3 is 2.66 bits per heavy atom. The molecule has 2 bridgehead atoms. The Morgan fingerprint density at radius 1 is 1.09 bits per heavy atom. The van der Waals surface area contributed by atoms with E-state index in [0.29, 0.717) is 31.9 Å². The summed E-state index contributed by atoms with van der Waals surface area (Å²) >= 11 is 10.2. The van der Waals surface area contributed by atoms with E-state index in [4.69, 9.17) is 16.3 Å². The zero-order chi connectivity index (χ0) is 33.0. The van der Waals surface area contributed by atoms with E-state index in [-0.39, 0.29) is 33.3 Å². The van der Waals surface area contributed by atoms with Gasteiger partial charge in [0.1, 0.15) is 11.4 Å². The number of nitrogens with one attached hydrogen (secondary N) is 1. The normalized spacial score (nSPS) is 35.0. The van der Waals surface area contributed by atoms with E-state index in [1.54, 1.807) is 19.1 Å². The number of aryl methyl sites for hydroxylation is 1. The van der Waals surface area contributed by atoms with Gasteiger partial charge in [-0.2, -0.15) is 0 Å². The summed E-state index contributed by atoms with van der Waals surface area (Å²) in [6.07, 6.45) is 10.5. The van der Waals surface area contributed by atoms with Crippen molar-refractivity contribution in [3.63, 3.8) is 0 Å². The third-order valence-electron chi connectivity index (χ3n) is 11.4. The molecule has 2 aromatic carbocycles. The van der Waals surface area contributed by atoms with Crippen molar-refractivity contribution in [3.05, 3.63) is 70.3 Å². The van der Waals surface area contributed by atoms with Gasteiger partial charge in [-0.15, -0.1) is 23.5 Å². The first-order valence-corrected chi connectivity index (χ1v) is 21.0. The zero-order valence-corrected chi connectivity index (χ0v) is 30.3. The Hall–Kier alpha value is -1.85. The molecule has 2 aliphatic carbocycles. The summed E-state index contributed by atoms with van der Waals surface area (Å²) in [5.74, 6) is 2.18. The number of carbonyl (C=O) groups excluding carboxylic acids is 1. The van der Waals surface area contributed by atoms with Gasteiger partial charge in [0, 0.05) is 29.1 Å². The van der Waals surface area contributed by atoms with Crippen molar-refractivity contribution in [2.24, 2.45) is 17.8 Å². The van der Waals surface area contributed by atoms with Gasteiger partial charge < -0.3 is 14.7 Å². The lowest BCUT2D eigenvalue weighted by Crippen LogP contribution is -2.55. The van der Waals surface area contributed by atoms with Crippen LogP contribution in [0.1, 0.15) is 73.9 Å². The molecule has 1 spiro atoms. The highest BCUT2D eigenvalue weighted by Crippen LogP contribution is 2.53. The largest absolute Gasteiger partial charge is 0.490 e. The van der Waals surface area contributed by atoms with E-state index in [1.165, 1.54) is 11.1 Å². The molecular weight excluding hydrogens is 672 g/mol. The summed E-state index contributed by atoms with van der Waals surface area (Å²) in [6.45, 7) is 5.44. The van der Waals surface area contributed by atoms with Gasteiger partial charge in [0.15, 0.2) is 0 Å². The number of anilines is 1. The molecule has 7 rings (SSSR count). The van der Waals surface area contributed by atoms with Gasteiger partial charge in [0.2, 0.25) is 10.0 Å². The lowest BCUT2D eigenvalue weighted by Gasteiger charge is -2.51. The molecule has 1 saturated heterocycles. The van der Waals surface area contributed by atoms with Crippen LogP contribution in [0.5, 0.6) is 5.75 Å². The molecule has 3 heterocycles.